The molecule has 0 aliphatic heterocycles. The van der Waals surface area contributed by atoms with Gasteiger partial charge in [-0.05, 0) is 25.3 Å². The highest BCUT2D eigenvalue weighted by molar-refractivity contribution is 5.90. The standard InChI is InChI=1S/C17H31N3O3/c1-2-15(21)14(10-11-18)20-17(23)12-19-16(22)9-8-13-6-4-3-5-7-13/h13-14H,2-12,18H2,1H3,(H,19,22)(H,20,23). The van der Waals surface area contributed by atoms with E-state index in [0.29, 0.717) is 31.7 Å². The first-order valence-corrected chi connectivity index (χ1v) is 8.85. The molecule has 4 N–H and O–H groups in total. The second-order valence-corrected chi connectivity index (χ2v) is 6.34. The third-order valence-electron chi connectivity index (χ3n) is 4.48. The van der Waals surface area contributed by atoms with E-state index < -0.39 is 6.04 Å². The fourth-order valence-electron chi connectivity index (χ4n) is 3.05. The van der Waals surface area contributed by atoms with Gasteiger partial charge in [-0.15, -0.1) is 0 Å². The van der Waals surface area contributed by atoms with Crippen molar-refractivity contribution >= 4 is 17.6 Å². The van der Waals surface area contributed by atoms with Crippen LogP contribution in [0.2, 0.25) is 0 Å². The van der Waals surface area contributed by atoms with Crippen LogP contribution in [-0.4, -0.2) is 36.7 Å². The van der Waals surface area contributed by atoms with Gasteiger partial charge in [0.1, 0.15) is 0 Å². The minimum atomic E-state index is -0.545. The second-order valence-electron chi connectivity index (χ2n) is 6.34. The minimum absolute atomic E-state index is 0.0348. The maximum absolute atomic E-state index is 11.8. The predicted octanol–water partition coefficient (Wildman–Crippen LogP) is 1.28. The summed E-state index contributed by atoms with van der Waals surface area (Å²) in [5, 5.41) is 5.28. The average Bonchev–Trinajstić information content (AvgIpc) is 2.58. The van der Waals surface area contributed by atoms with Crippen LogP contribution in [0.15, 0.2) is 0 Å². The van der Waals surface area contributed by atoms with E-state index in [0.717, 1.165) is 6.42 Å². The van der Waals surface area contributed by atoms with Crippen LogP contribution in [0.25, 0.3) is 0 Å². The molecule has 1 unspecified atom stereocenters. The first-order valence-electron chi connectivity index (χ1n) is 8.85. The molecule has 23 heavy (non-hydrogen) atoms. The number of nitrogens with one attached hydrogen (secondary N) is 2. The summed E-state index contributed by atoms with van der Waals surface area (Å²) in [4.78, 5) is 35.3. The second kappa shape index (κ2) is 11.2. The van der Waals surface area contributed by atoms with Crippen molar-refractivity contribution in [1.29, 1.82) is 0 Å². The Balaban J connectivity index is 2.22. The van der Waals surface area contributed by atoms with E-state index in [-0.39, 0.29) is 24.1 Å². The van der Waals surface area contributed by atoms with Gasteiger partial charge in [0.25, 0.3) is 0 Å². The van der Waals surface area contributed by atoms with E-state index in [2.05, 4.69) is 10.6 Å². The first kappa shape index (κ1) is 19.6. The van der Waals surface area contributed by atoms with Gasteiger partial charge in [0.05, 0.1) is 12.6 Å². The third-order valence-corrected chi connectivity index (χ3v) is 4.48. The molecule has 1 aliphatic rings. The summed E-state index contributed by atoms with van der Waals surface area (Å²) in [6, 6.07) is -0.545. The van der Waals surface area contributed by atoms with Crippen LogP contribution in [0, 0.1) is 5.92 Å². The van der Waals surface area contributed by atoms with Crippen molar-refractivity contribution in [2.45, 2.75) is 70.8 Å². The minimum Gasteiger partial charge on any atom is -0.347 e. The fourth-order valence-corrected chi connectivity index (χ4v) is 3.05. The van der Waals surface area contributed by atoms with Crippen LogP contribution in [0.1, 0.15) is 64.7 Å². The summed E-state index contributed by atoms with van der Waals surface area (Å²) in [7, 11) is 0. The molecule has 132 valence electrons. The Bertz CT molecular complexity index is 393. The van der Waals surface area contributed by atoms with E-state index in [1.165, 1.54) is 32.1 Å². The van der Waals surface area contributed by atoms with Crippen molar-refractivity contribution in [3.8, 4) is 0 Å². The molecule has 0 aromatic rings. The van der Waals surface area contributed by atoms with E-state index >= 15 is 0 Å². The van der Waals surface area contributed by atoms with Gasteiger partial charge in [-0.3, -0.25) is 14.4 Å². The van der Waals surface area contributed by atoms with Gasteiger partial charge in [-0.25, -0.2) is 0 Å². The average molecular weight is 325 g/mol. The lowest BCUT2D eigenvalue weighted by Gasteiger charge is -2.21. The lowest BCUT2D eigenvalue weighted by atomic mass is 9.86. The number of ketones is 1. The number of hydrogen-bond donors (Lipinski definition) is 3. The highest BCUT2D eigenvalue weighted by Crippen LogP contribution is 2.27. The van der Waals surface area contributed by atoms with Crippen molar-refractivity contribution in [2.24, 2.45) is 11.7 Å². The van der Waals surface area contributed by atoms with Crippen molar-refractivity contribution in [3.05, 3.63) is 0 Å². The van der Waals surface area contributed by atoms with Crippen molar-refractivity contribution < 1.29 is 14.4 Å². The van der Waals surface area contributed by atoms with Gasteiger partial charge in [-0.1, -0.05) is 39.0 Å². The number of carbonyl (C=O) groups is 3. The van der Waals surface area contributed by atoms with Gasteiger partial charge in [0, 0.05) is 12.8 Å². The van der Waals surface area contributed by atoms with Crippen LogP contribution >= 0.6 is 0 Å². The maximum atomic E-state index is 11.8. The molecule has 6 nitrogen and oxygen atoms in total. The van der Waals surface area contributed by atoms with Crippen molar-refractivity contribution in [2.75, 3.05) is 13.1 Å². The molecular weight excluding hydrogens is 294 g/mol. The monoisotopic (exact) mass is 325 g/mol. The molecule has 0 bridgehead atoms. The molecule has 1 saturated carbocycles. The lowest BCUT2D eigenvalue weighted by molar-refractivity contribution is -0.129. The summed E-state index contributed by atoms with van der Waals surface area (Å²) >= 11 is 0. The Morgan fingerprint density at radius 1 is 1.13 bits per heavy atom. The molecule has 0 aromatic carbocycles. The Morgan fingerprint density at radius 3 is 2.43 bits per heavy atom. The Kier molecular flexibility index (Phi) is 9.52. The van der Waals surface area contributed by atoms with Gasteiger partial charge in [-0.2, -0.15) is 0 Å². The molecule has 0 radical (unpaired) electrons. The Labute approximate surface area is 138 Å². The Morgan fingerprint density at radius 2 is 1.83 bits per heavy atom. The molecule has 0 saturated heterocycles. The zero-order valence-corrected chi connectivity index (χ0v) is 14.2. The summed E-state index contributed by atoms with van der Waals surface area (Å²) in [5.41, 5.74) is 5.46. The number of hydrogen-bond acceptors (Lipinski definition) is 4. The van der Waals surface area contributed by atoms with Crippen LogP contribution in [-0.2, 0) is 14.4 Å². The normalized spacial score (nSPS) is 16.6. The van der Waals surface area contributed by atoms with Gasteiger partial charge in [0.15, 0.2) is 5.78 Å². The van der Waals surface area contributed by atoms with E-state index in [1.54, 1.807) is 6.92 Å². The zero-order valence-electron chi connectivity index (χ0n) is 14.2. The SMILES string of the molecule is CCC(=O)C(CCN)NC(=O)CNC(=O)CCC1CCCCC1. The van der Waals surface area contributed by atoms with Crippen LogP contribution in [0.5, 0.6) is 0 Å². The number of Topliss-reactive ketones (excluding diaryl/α,β-unsaturated/α-hetero) is 1. The predicted molar refractivity (Wildman–Crippen MR) is 89.7 cm³/mol. The molecule has 2 amide bonds. The maximum Gasteiger partial charge on any atom is 0.239 e. The fraction of sp³-hybridized carbons (Fsp3) is 0.824. The molecule has 1 fully saturated rings. The van der Waals surface area contributed by atoms with Crippen molar-refractivity contribution in [3.63, 3.8) is 0 Å². The number of amides is 2. The molecule has 6 heteroatoms. The molecule has 1 rings (SSSR count). The van der Waals surface area contributed by atoms with Crippen molar-refractivity contribution in [1.82, 2.24) is 10.6 Å². The third kappa shape index (κ3) is 8.11. The van der Waals surface area contributed by atoms with Crippen LogP contribution in [0.4, 0.5) is 0 Å². The largest absolute Gasteiger partial charge is 0.347 e. The highest BCUT2D eigenvalue weighted by atomic mass is 16.2. The van der Waals surface area contributed by atoms with E-state index in [4.69, 9.17) is 5.73 Å². The molecule has 0 aromatic heterocycles. The van der Waals surface area contributed by atoms with Crippen LogP contribution in [0.3, 0.4) is 0 Å². The summed E-state index contributed by atoms with van der Waals surface area (Å²) in [6.45, 7) is 2.01. The van der Waals surface area contributed by atoms with Gasteiger partial charge >= 0.3 is 0 Å². The van der Waals surface area contributed by atoms with Gasteiger partial charge in [0.2, 0.25) is 11.8 Å². The van der Waals surface area contributed by atoms with E-state index in [9.17, 15) is 14.4 Å². The van der Waals surface area contributed by atoms with Gasteiger partial charge < -0.3 is 16.4 Å². The van der Waals surface area contributed by atoms with Crippen LogP contribution < -0.4 is 16.4 Å². The number of carbonyl (C=O) groups excluding carboxylic acids is 3. The quantitative estimate of drug-likeness (QED) is 0.563. The van der Waals surface area contributed by atoms with E-state index in [1.807, 2.05) is 0 Å². The zero-order chi connectivity index (χ0) is 17.1. The molecular formula is C17H31N3O3. The Hall–Kier alpha value is -1.43. The smallest absolute Gasteiger partial charge is 0.239 e. The summed E-state index contributed by atoms with van der Waals surface area (Å²) in [5.74, 6) is 0.186. The first-order chi connectivity index (χ1) is 11.1. The summed E-state index contributed by atoms with van der Waals surface area (Å²) < 4.78 is 0. The molecule has 1 atom stereocenters. The molecule has 0 heterocycles. The number of rotatable bonds is 10. The summed E-state index contributed by atoms with van der Waals surface area (Å²) in [6.07, 6.45) is 8.43. The lowest BCUT2D eigenvalue weighted by Crippen LogP contribution is -2.46. The molecule has 0 spiro atoms. The molecule has 1 aliphatic carbocycles. The highest BCUT2D eigenvalue weighted by Gasteiger charge is 2.19. The topological polar surface area (TPSA) is 101 Å². The number of nitrogens with two attached hydrogens (primary N) is 1.